The van der Waals surface area contributed by atoms with Gasteiger partial charge in [0.25, 0.3) is 5.91 Å². The van der Waals surface area contributed by atoms with Gasteiger partial charge >= 0.3 is 5.97 Å². The zero-order valence-electron chi connectivity index (χ0n) is 44.7. The minimum absolute atomic E-state index is 0.0217. The molecule has 0 radical (unpaired) electrons. The molecular weight excluding hydrogens is 797 g/mol. The molecule has 380 valence electrons. The molecule has 1 atom stereocenters. The molecule has 0 aliphatic heterocycles. The van der Waals surface area contributed by atoms with Gasteiger partial charge in [0.2, 0.25) is 5.91 Å². The van der Waals surface area contributed by atoms with Gasteiger partial charge in [-0.15, -0.1) is 0 Å². The molecule has 0 spiro atoms. The number of methoxy groups -OCH3 is 1. The number of rotatable bonds is 46. The van der Waals surface area contributed by atoms with E-state index in [1.54, 1.807) is 7.11 Å². The van der Waals surface area contributed by atoms with Crippen LogP contribution in [-0.4, -0.2) is 60.9 Å². The Hall–Kier alpha value is -1.67. The summed E-state index contributed by atoms with van der Waals surface area (Å²) in [5, 5.41) is 6.13. The van der Waals surface area contributed by atoms with Crippen molar-refractivity contribution in [1.29, 1.82) is 0 Å². The quantitative estimate of drug-likeness (QED) is 0.0466. The van der Waals surface area contributed by atoms with Gasteiger partial charge in [-0.3, -0.25) is 14.4 Å². The second kappa shape index (κ2) is 38.3. The van der Waals surface area contributed by atoms with E-state index in [9.17, 15) is 14.4 Å². The molecule has 0 rings (SSSR count). The number of amides is 2. The number of carbonyl (C=O) groups is 3. The van der Waals surface area contributed by atoms with Crippen molar-refractivity contribution in [2.24, 2.45) is 5.41 Å². The predicted octanol–water partition coefficient (Wildman–Crippen LogP) is 15.8. The molecule has 0 aromatic carbocycles. The highest BCUT2D eigenvalue weighted by Crippen LogP contribution is 2.37. The predicted molar refractivity (Wildman–Crippen MR) is 273 cm³/mol. The fourth-order valence-corrected chi connectivity index (χ4v) is 9.59. The maximum atomic E-state index is 13.9. The fourth-order valence-electron chi connectivity index (χ4n) is 9.59. The largest absolute Gasteiger partial charge is 0.450 e. The van der Waals surface area contributed by atoms with Crippen LogP contribution in [0.25, 0.3) is 0 Å². The third-order valence-corrected chi connectivity index (χ3v) is 13.1. The summed E-state index contributed by atoms with van der Waals surface area (Å²) in [6.07, 6.45) is 39.9. The van der Waals surface area contributed by atoms with Crippen LogP contribution in [0.4, 0.5) is 0 Å². The zero-order chi connectivity index (χ0) is 48.0. The summed E-state index contributed by atoms with van der Waals surface area (Å²) in [6.45, 7) is 22.0. The molecule has 0 saturated carbocycles. The van der Waals surface area contributed by atoms with Gasteiger partial charge in [0.1, 0.15) is 0 Å². The number of hydrogen-bond acceptors (Lipinski definition) is 6. The lowest BCUT2D eigenvalue weighted by molar-refractivity contribution is -0.157. The fraction of sp³-hybridized carbons (Fsp3) is 0.946. The molecule has 0 aromatic heterocycles. The Morgan fingerprint density at radius 1 is 0.484 bits per heavy atom. The number of nitrogens with one attached hydrogen (secondary N) is 2. The molecule has 0 fully saturated rings. The Balaban J connectivity index is 4.93. The molecule has 0 saturated heterocycles. The van der Waals surface area contributed by atoms with Gasteiger partial charge in [0, 0.05) is 25.5 Å². The molecule has 0 bridgehead atoms. The van der Waals surface area contributed by atoms with Crippen LogP contribution in [0.5, 0.6) is 0 Å². The summed E-state index contributed by atoms with van der Waals surface area (Å²) in [7, 11) is 1.73. The highest BCUT2D eigenvalue weighted by Gasteiger charge is 2.37. The monoisotopic (exact) mass is 907 g/mol. The average molecular weight is 908 g/mol. The molecule has 8 heteroatoms. The van der Waals surface area contributed by atoms with E-state index in [0.29, 0.717) is 19.4 Å². The Bertz CT molecular complexity index is 1130. The maximum Gasteiger partial charge on any atom is 0.306 e. The molecule has 64 heavy (non-hydrogen) atoms. The highest BCUT2D eigenvalue weighted by atomic mass is 16.5. The molecule has 2 amide bonds. The van der Waals surface area contributed by atoms with Crippen molar-refractivity contribution in [3.63, 3.8) is 0 Å². The number of unbranched alkanes of at least 4 members (excludes halogenated alkanes) is 28. The summed E-state index contributed by atoms with van der Waals surface area (Å²) in [4.78, 5) is 40.0. The van der Waals surface area contributed by atoms with Gasteiger partial charge < -0.3 is 24.8 Å². The third-order valence-electron chi connectivity index (χ3n) is 13.1. The molecular formula is C56H110N2O6. The van der Waals surface area contributed by atoms with Crippen LogP contribution in [0.15, 0.2) is 0 Å². The van der Waals surface area contributed by atoms with Crippen LogP contribution in [0.3, 0.4) is 0 Å². The second-order valence-corrected chi connectivity index (χ2v) is 22.4. The Labute approximate surface area is 398 Å². The van der Waals surface area contributed by atoms with Crippen molar-refractivity contribution >= 4 is 17.8 Å². The highest BCUT2D eigenvalue weighted by molar-refractivity contribution is 5.85. The Morgan fingerprint density at radius 2 is 0.859 bits per heavy atom. The standard InChI is InChI=1S/C56H110N2O6/c1-12-14-16-18-20-22-24-26-28-30-32-34-36-38-40-42-50(59)57-46-49(64-51(60)43-41-39-37-35-33-31-29-27-25-23-21-19-17-15-13-2)52(61)58-54(5,6)47-53(3,4)48-56(9,10)63-45-44-55(7,8)62-11/h49H,12-48H2,1-11H3,(H,57,59)(H,58,61). The molecule has 2 N–H and O–H groups in total. The number of esters is 1. The van der Waals surface area contributed by atoms with Crippen LogP contribution >= 0.6 is 0 Å². The van der Waals surface area contributed by atoms with Crippen molar-refractivity contribution in [3.8, 4) is 0 Å². The minimum Gasteiger partial charge on any atom is -0.450 e. The van der Waals surface area contributed by atoms with Crippen LogP contribution in [0.2, 0.25) is 0 Å². The van der Waals surface area contributed by atoms with Crippen molar-refractivity contribution in [1.82, 2.24) is 10.6 Å². The van der Waals surface area contributed by atoms with Crippen LogP contribution in [0, 0.1) is 5.41 Å². The second-order valence-electron chi connectivity index (χ2n) is 22.4. The average Bonchev–Trinajstić information content (AvgIpc) is 3.20. The summed E-state index contributed by atoms with van der Waals surface area (Å²) >= 11 is 0. The smallest absolute Gasteiger partial charge is 0.306 e. The van der Waals surface area contributed by atoms with Crippen LogP contribution in [0.1, 0.15) is 294 Å². The van der Waals surface area contributed by atoms with E-state index < -0.39 is 11.6 Å². The summed E-state index contributed by atoms with van der Waals surface area (Å²) in [6, 6.07) is 0. The minimum atomic E-state index is -1.08. The SMILES string of the molecule is CCCCCCCCCCCCCCCCCC(=O)NCC(OC(=O)CCCCCCCCCCCCCCCCC)C(=O)NC(C)(C)CC(C)(C)CC(C)(C)OCCC(C)(C)OC. The van der Waals surface area contributed by atoms with Crippen LogP contribution < -0.4 is 10.6 Å². The third kappa shape index (κ3) is 39.5. The number of ether oxygens (including phenoxy) is 3. The Kier molecular flexibility index (Phi) is 37.3. The van der Waals surface area contributed by atoms with Crippen LogP contribution in [-0.2, 0) is 28.6 Å². The van der Waals surface area contributed by atoms with E-state index in [1.165, 1.54) is 154 Å². The lowest BCUT2D eigenvalue weighted by Gasteiger charge is -2.41. The maximum absolute atomic E-state index is 13.9. The molecule has 8 nitrogen and oxygen atoms in total. The first-order valence-corrected chi connectivity index (χ1v) is 27.3. The van der Waals surface area contributed by atoms with Gasteiger partial charge in [0.05, 0.1) is 24.4 Å². The van der Waals surface area contributed by atoms with E-state index in [-0.39, 0.29) is 47.4 Å². The van der Waals surface area contributed by atoms with E-state index in [4.69, 9.17) is 14.2 Å². The van der Waals surface area contributed by atoms with E-state index in [0.717, 1.165) is 51.4 Å². The normalized spacial score (nSPS) is 13.0. The van der Waals surface area contributed by atoms with Crippen molar-refractivity contribution in [2.75, 3.05) is 20.3 Å². The van der Waals surface area contributed by atoms with Crippen molar-refractivity contribution < 1.29 is 28.6 Å². The number of hydrogen-bond donors (Lipinski definition) is 2. The van der Waals surface area contributed by atoms with Gasteiger partial charge in [-0.2, -0.15) is 0 Å². The molecule has 0 heterocycles. The first-order valence-electron chi connectivity index (χ1n) is 27.3. The van der Waals surface area contributed by atoms with Gasteiger partial charge in [0.15, 0.2) is 6.10 Å². The van der Waals surface area contributed by atoms with E-state index in [2.05, 4.69) is 66.0 Å². The molecule has 0 aliphatic carbocycles. The zero-order valence-corrected chi connectivity index (χ0v) is 44.7. The molecule has 0 aliphatic rings. The molecule has 0 aromatic rings. The Morgan fingerprint density at radius 3 is 1.25 bits per heavy atom. The number of carbonyl (C=O) groups excluding carboxylic acids is 3. The van der Waals surface area contributed by atoms with E-state index >= 15 is 0 Å². The van der Waals surface area contributed by atoms with E-state index in [1.807, 2.05) is 13.8 Å². The summed E-state index contributed by atoms with van der Waals surface area (Å²) in [5.74, 6) is -0.835. The van der Waals surface area contributed by atoms with Crippen molar-refractivity contribution in [3.05, 3.63) is 0 Å². The molecule has 1 unspecified atom stereocenters. The lowest BCUT2D eigenvalue weighted by Crippen LogP contribution is -2.53. The van der Waals surface area contributed by atoms with Gasteiger partial charge in [-0.05, 0) is 79.1 Å². The summed E-state index contributed by atoms with van der Waals surface area (Å²) < 4.78 is 17.8. The topological polar surface area (TPSA) is 103 Å². The lowest BCUT2D eigenvalue weighted by atomic mass is 9.73. The van der Waals surface area contributed by atoms with Crippen molar-refractivity contribution in [2.45, 2.75) is 317 Å². The van der Waals surface area contributed by atoms with Gasteiger partial charge in [-0.1, -0.05) is 207 Å². The first-order chi connectivity index (χ1) is 30.4. The first kappa shape index (κ1) is 62.3. The van der Waals surface area contributed by atoms with Gasteiger partial charge in [-0.25, -0.2) is 0 Å². The summed E-state index contributed by atoms with van der Waals surface area (Å²) in [5.41, 5.74) is -1.37.